The van der Waals surface area contributed by atoms with E-state index in [1.54, 1.807) is 12.0 Å². The minimum absolute atomic E-state index is 0.0420. The summed E-state index contributed by atoms with van der Waals surface area (Å²) in [6.07, 6.45) is 6.80. The minimum atomic E-state index is -0.704. The van der Waals surface area contributed by atoms with Gasteiger partial charge in [-0.1, -0.05) is 38.8 Å². The molecule has 3 aliphatic heterocycles. The maximum absolute atomic E-state index is 13.4. The zero-order chi connectivity index (χ0) is 21.5. The SMILES string of the molecule is COc1ccc(N2C[C@@]34C=C[C@@H](O3)[C@@H](C(=O)N[C@H](C)CCCC(C)C)[C@@H]4C2=O)cc1. The first-order valence-corrected chi connectivity index (χ1v) is 11.0. The van der Waals surface area contributed by atoms with E-state index in [4.69, 9.17) is 9.47 Å². The van der Waals surface area contributed by atoms with Crippen LogP contribution in [-0.4, -0.2) is 43.2 Å². The molecule has 2 bridgehead atoms. The van der Waals surface area contributed by atoms with Crippen molar-refractivity contribution in [2.75, 3.05) is 18.6 Å². The van der Waals surface area contributed by atoms with Crippen LogP contribution in [0.25, 0.3) is 0 Å². The molecule has 2 fully saturated rings. The van der Waals surface area contributed by atoms with E-state index in [0.717, 1.165) is 30.7 Å². The molecular weight excluding hydrogens is 380 g/mol. The second-order valence-corrected chi connectivity index (χ2v) is 9.26. The maximum atomic E-state index is 13.4. The molecule has 1 aromatic carbocycles. The summed E-state index contributed by atoms with van der Waals surface area (Å²) >= 11 is 0. The molecule has 0 saturated carbocycles. The van der Waals surface area contributed by atoms with Crippen molar-refractivity contribution in [3.05, 3.63) is 36.4 Å². The number of fused-ring (bicyclic) bond motifs is 1. The number of benzene rings is 1. The molecule has 1 aromatic rings. The second-order valence-electron chi connectivity index (χ2n) is 9.26. The summed E-state index contributed by atoms with van der Waals surface area (Å²) in [5.74, 6) is 0.343. The van der Waals surface area contributed by atoms with Crippen LogP contribution in [0, 0.1) is 17.8 Å². The predicted octanol–water partition coefficient (Wildman–Crippen LogP) is 3.31. The number of anilines is 1. The van der Waals surface area contributed by atoms with Crippen molar-refractivity contribution in [3.8, 4) is 5.75 Å². The average Bonchev–Trinajstić information content (AvgIpc) is 3.36. The third kappa shape index (κ3) is 3.62. The molecule has 3 aliphatic rings. The second kappa shape index (κ2) is 8.06. The first-order valence-electron chi connectivity index (χ1n) is 11.0. The quantitative estimate of drug-likeness (QED) is 0.665. The molecule has 30 heavy (non-hydrogen) atoms. The normalized spacial score (nSPS) is 30.1. The molecule has 6 nitrogen and oxygen atoms in total. The van der Waals surface area contributed by atoms with Gasteiger partial charge in [0.05, 0.1) is 31.6 Å². The summed E-state index contributed by atoms with van der Waals surface area (Å²) in [5, 5.41) is 3.14. The summed E-state index contributed by atoms with van der Waals surface area (Å²) in [4.78, 5) is 28.3. The van der Waals surface area contributed by atoms with Crippen LogP contribution < -0.4 is 15.0 Å². The Kier molecular flexibility index (Phi) is 5.62. The highest BCUT2D eigenvalue weighted by atomic mass is 16.5. The predicted molar refractivity (Wildman–Crippen MR) is 115 cm³/mol. The number of rotatable bonds is 8. The number of carbonyl (C=O) groups excluding carboxylic acids is 2. The Bertz CT molecular complexity index is 834. The lowest BCUT2D eigenvalue weighted by Gasteiger charge is -2.25. The largest absolute Gasteiger partial charge is 0.497 e. The standard InChI is InChI=1S/C24H32N2O4/c1-15(2)6-5-7-16(3)25-22(27)20-19-12-13-24(30-19)14-26(23(28)21(20)24)17-8-10-18(29-4)11-9-17/h8-13,15-16,19-21H,5-7,14H2,1-4H3,(H,25,27)/t16-,19-,20-,21-,24-/m1/s1. The van der Waals surface area contributed by atoms with Gasteiger partial charge in [0, 0.05) is 11.7 Å². The Morgan fingerprint density at radius 1 is 1.27 bits per heavy atom. The van der Waals surface area contributed by atoms with Crippen molar-refractivity contribution in [2.45, 2.75) is 57.8 Å². The van der Waals surface area contributed by atoms with Crippen LogP contribution >= 0.6 is 0 Å². The molecule has 1 N–H and O–H groups in total. The van der Waals surface area contributed by atoms with Gasteiger partial charge in [0.25, 0.3) is 0 Å². The van der Waals surface area contributed by atoms with Gasteiger partial charge in [0.15, 0.2) is 0 Å². The Morgan fingerprint density at radius 3 is 2.67 bits per heavy atom. The molecular formula is C24H32N2O4. The average molecular weight is 413 g/mol. The molecule has 0 unspecified atom stereocenters. The van der Waals surface area contributed by atoms with E-state index >= 15 is 0 Å². The van der Waals surface area contributed by atoms with Crippen LogP contribution in [-0.2, 0) is 14.3 Å². The molecule has 1 spiro atoms. The van der Waals surface area contributed by atoms with Crippen LogP contribution in [0.5, 0.6) is 5.75 Å². The van der Waals surface area contributed by atoms with Gasteiger partial charge >= 0.3 is 0 Å². The Balaban J connectivity index is 1.47. The van der Waals surface area contributed by atoms with E-state index in [1.165, 1.54) is 0 Å². The molecule has 2 amide bonds. The Hall–Kier alpha value is -2.34. The Morgan fingerprint density at radius 2 is 2.00 bits per heavy atom. The smallest absolute Gasteiger partial charge is 0.234 e. The number of ether oxygens (including phenoxy) is 2. The van der Waals surface area contributed by atoms with E-state index in [2.05, 4.69) is 19.2 Å². The van der Waals surface area contributed by atoms with Gasteiger partial charge in [0.2, 0.25) is 11.8 Å². The van der Waals surface area contributed by atoms with Crippen LogP contribution in [0.15, 0.2) is 36.4 Å². The molecule has 0 radical (unpaired) electrons. The highest BCUT2D eigenvalue weighted by Crippen LogP contribution is 2.52. The van der Waals surface area contributed by atoms with Crippen molar-refractivity contribution in [2.24, 2.45) is 17.8 Å². The first kappa shape index (κ1) is 20.9. The fraction of sp³-hybridized carbons (Fsp3) is 0.583. The van der Waals surface area contributed by atoms with E-state index < -0.39 is 17.4 Å². The molecule has 4 rings (SSSR count). The summed E-state index contributed by atoms with van der Waals surface area (Å²) in [6, 6.07) is 7.51. The number of nitrogens with one attached hydrogen (secondary N) is 1. The van der Waals surface area contributed by atoms with E-state index in [-0.39, 0.29) is 24.0 Å². The highest BCUT2D eigenvalue weighted by molar-refractivity contribution is 6.03. The van der Waals surface area contributed by atoms with Crippen molar-refractivity contribution < 1.29 is 19.1 Å². The molecule has 6 heteroatoms. The lowest BCUT2D eigenvalue weighted by Crippen LogP contribution is -2.46. The van der Waals surface area contributed by atoms with Gasteiger partial charge in [0.1, 0.15) is 11.4 Å². The fourth-order valence-electron chi connectivity index (χ4n) is 5.02. The first-order chi connectivity index (χ1) is 14.3. The number of hydrogen-bond acceptors (Lipinski definition) is 4. The van der Waals surface area contributed by atoms with Crippen molar-refractivity contribution in [1.82, 2.24) is 5.32 Å². The zero-order valence-corrected chi connectivity index (χ0v) is 18.3. The van der Waals surface area contributed by atoms with Gasteiger partial charge in [-0.3, -0.25) is 9.59 Å². The number of hydrogen-bond donors (Lipinski definition) is 1. The topological polar surface area (TPSA) is 67.9 Å². The fourth-order valence-corrected chi connectivity index (χ4v) is 5.02. The molecule has 0 aromatic heterocycles. The number of nitrogens with zero attached hydrogens (tertiary/aromatic N) is 1. The van der Waals surface area contributed by atoms with Gasteiger partial charge < -0.3 is 19.7 Å². The molecule has 0 aliphatic carbocycles. The molecule has 3 heterocycles. The third-order valence-electron chi connectivity index (χ3n) is 6.59. The molecule has 162 valence electrons. The monoisotopic (exact) mass is 412 g/mol. The third-order valence-corrected chi connectivity index (χ3v) is 6.59. The summed E-state index contributed by atoms with van der Waals surface area (Å²) < 4.78 is 11.4. The number of carbonyl (C=O) groups is 2. The minimum Gasteiger partial charge on any atom is -0.497 e. The zero-order valence-electron chi connectivity index (χ0n) is 18.3. The van der Waals surface area contributed by atoms with E-state index in [1.807, 2.05) is 43.3 Å². The van der Waals surface area contributed by atoms with Crippen LogP contribution in [0.2, 0.25) is 0 Å². The molecule has 5 atom stereocenters. The number of methoxy groups -OCH3 is 1. The van der Waals surface area contributed by atoms with E-state index in [0.29, 0.717) is 12.5 Å². The lowest BCUT2D eigenvalue weighted by molar-refractivity contribution is -0.132. The van der Waals surface area contributed by atoms with Gasteiger partial charge in [-0.05, 0) is 43.5 Å². The van der Waals surface area contributed by atoms with Gasteiger partial charge in [-0.2, -0.15) is 0 Å². The maximum Gasteiger partial charge on any atom is 0.234 e. The highest BCUT2D eigenvalue weighted by Gasteiger charge is 2.67. The van der Waals surface area contributed by atoms with E-state index in [9.17, 15) is 9.59 Å². The summed E-state index contributed by atoms with van der Waals surface area (Å²) in [5.41, 5.74) is 0.0936. The van der Waals surface area contributed by atoms with Crippen molar-refractivity contribution >= 4 is 17.5 Å². The number of amides is 2. The van der Waals surface area contributed by atoms with Crippen LogP contribution in [0.3, 0.4) is 0 Å². The van der Waals surface area contributed by atoms with Crippen LogP contribution in [0.1, 0.15) is 40.0 Å². The van der Waals surface area contributed by atoms with Gasteiger partial charge in [-0.15, -0.1) is 0 Å². The lowest BCUT2D eigenvalue weighted by atomic mass is 9.76. The molecule has 2 saturated heterocycles. The van der Waals surface area contributed by atoms with Gasteiger partial charge in [-0.25, -0.2) is 0 Å². The Labute approximate surface area is 178 Å². The van der Waals surface area contributed by atoms with Crippen LogP contribution in [0.4, 0.5) is 5.69 Å². The van der Waals surface area contributed by atoms with Crippen molar-refractivity contribution in [1.29, 1.82) is 0 Å². The van der Waals surface area contributed by atoms with Crippen molar-refractivity contribution in [3.63, 3.8) is 0 Å². The summed E-state index contributed by atoms with van der Waals surface area (Å²) in [6.45, 7) is 6.89. The summed E-state index contributed by atoms with van der Waals surface area (Å²) in [7, 11) is 1.61.